The van der Waals surface area contributed by atoms with Gasteiger partial charge < -0.3 is 15.0 Å². The van der Waals surface area contributed by atoms with E-state index in [0.717, 1.165) is 51.1 Å². The number of carbonyl (C=O) groups is 1. The Balaban J connectivity index is 1.65. The molecule has 1 aromatic heterocycles. The highest BCUT2D eigenvalue weighted by atomic mass is 32.1. The van der Waals surface area contributed by atoms with Crippen molar-refractivity contribution in [2.24, 2.45) is 0 Å². The number of hydrogen-bond acceptors (Lipinski definition) is 4. The Morgan fingerprint density at radius 3 is 3.00 bits per heavy atom. The van der Waals surface area contributed by atoms with Crippen LogP contribution in [0.5, 0.6) is 0 Å². The zero-order valence-corrected chi connectivity index (χ0v) is 13.4. The van der Waals surface area contributed by atoms with Crippen LogP contribution in [0.15, 0.2) is 22.9 Å². The molecule has 0 radical (unpaired) electrons. The molecule has 2 rings (SSSR count). The fraction of sp³-hybridized carbons (Fsp3) is 0.562. The lowest BCUT2D eigenvalue weighted by Gasteiger charge is -2.32. The molecule has 1 amide bonds. The summed E-state index contributed by atoms with van der Waals surface area (Å²) in [5, 5.41) is 7.14. The van der Waals surface area contributed by atoms with Crippen molar-refractivity contribution in [1.82, 2.24) is 10.2 Å². The minimum atomic E-state index is 0.0130. The number of nitrogens with zero attached hydrogens (tertiary/aromatic N) is 1. The van der Waals surface area contributed by atoms with Crippen molar-refractivity contribution in [3.05, 3.63) is 28.5 Å². The van der Waals surface area contributed by atoms with Gasteiger partial charge in [-0.15, -0.1) is 0 Å². The number of likely N-dealkylation sites (tertiary alicyclic amines) is 1. The summed E-state index contributed by atoms with van der Waals surface area (Å²) in [7, 11) is 1.74. The number of rotatable bonds is 7. The van der Waals surface area contributed by atoms with E-state index in [-0.39, 0.29) is 5.91 Å². The van der Waals surface area contributed by atoms with Crippen LogP contribution in [-0.2, 0) is 9.53 Å². The summed E-state index contributed by atoms with van der Waals surface area (Å²) in [6.45, 7) is 4.03. The monoisotopic (exact) mass is 308 g/mol. The first kappa shape index (κ1) is 16.2. The number of hydrogen-bond donors (Lipinski definition) is 1. The van der Waals surface area contributed by atoms with Crippen LogP contribution < -0.4 is 5.32 Å². The second kappa shape index (κ2) is 8.97. The molecule has 2 heterocycles. The Morgan fingerprint density at radius 2 is 2.33 bits per heavy atom. The molecule has 0 spiro atoms. The highest BCUT2D eigenvalue weighted by molar-refractivity contribution is 7.08. The molecule has 0 unspecified atom stereocenters. The minimum absolute atomic E-state index is 0.0130. The molecule has 1 fully saturated rings. The van der Waals surface area contributed by atoms with E-state index in [1.807, 2.05) is 22.9 Å². The van der Waals surface area contributed by atoms with Gasteiger partial charge >= 0.3 is 0 Å². The predicted molar refractivity (Wildman–Crippen MR) is 87.5 cm³/mol. The molecule has 116 valence electrons. The maximum Gasteiger partial charge on any atom is 0.244 e. The van der Waals surface area contributed by atoms with Crippen LogP contribution in [0.2, 0.25) is 0 Å². The summed E-state index contributed by atoms with van der Waals surface area (Å²) in [5.74, 6) is 0.0130. The molecule has 5 heteroatoms. The van der Waals surface area contributed by atoms with Gasteiger partial charge in [0.1, 0.15) is 0 Å². The third-order valence-corrected chi connectivity index (χ3v) is 4.43. The zero-order chi connectivity index (χ0) is 14.9. The standard InChI is InChI=1S/C16H24N2O2S/c1-20-11-2-8-18-9-5-15(6-10-18)17-16(19)4-3-14-7-12-21-13-14/h3-4,7,12-13,15H,2,5-6,8-11H2,1H3,(H,17,19). The van der Waals surface area contributed by atoms with Gasteiger partial charge in [0.25, 0.3) is 0 Å². The van der Waals surface area contributed by atoms with Crippen LogP contribution in [0.4, 0.5) is 0 Å². The summed E-state index contributed by atoms with van der Waals surface area (Å²) in [6.07, 6.45) is 6.64. The molecular weight excluding hydrogens is 284 g/mol. The van der Waals surface area contributed by atoms with E-state index < -0.39 is 0 Å². The molecule has 1 aromatic rings. The van der Waals surface area contributed by atoms with Crippen LogP contribution >= 0.6 is 11.3 Å². The molecule has 1 N–H and O–H groups in total. The third kappa shape index (κ3) is 5.99. The first-order valence-electron chi connectivity index (χ1n) is 7.50. The molecule has 1 aliphatic heterocycles. The molecule has 0 atom stereocenters. The Labute approximate surface area is 130 Å². The van der Waals surface area contributed by atoms with Gasteiger partial charge in [-0.25, -0.2) is 0 Å². The van der Waals surface area contributed by atoms with Crippen LogP contribution in [0, 0.1) is 0 Å². The number of carbonyl (C=O) groups excluding carboxylic acids is 1. The summed E-state index contributed by atoms with van der Waals surface area (Å²) in [6, 6.07) is 2.32. The van der Waals surface area contributed by atoms with E-state index in [2.05, 4.69) is 10.2 Å². The van der Waals surface area contributed by atoms with E-state index >= 15 is 0 Å². The minimum Gasteiger partial charge on any atom is -0.385 e. The molecule has 4 nitrogen and oxygen atoms in total. The molecule has 0 aliphatic carbocycles. The van der Waals surface area contributed by atoms with Crippen molar-refractivity contribution < 1.29 is 9.53 Å². The smallest absolute Gasteiger partial charge is 0.244 e. The van der Waals surface area contributed by atoms with Crippen LogP contribution in [0.3, 0.4) is 0 Å². The topological polar surface area (TPSA) is 41.6 Å². The maximum absolute atomic E-state index is 11.9. The molecule has 1 aliphatic rings. The summed E-state index contributed by atoms with van der Waals surface area (Å²) < 4.78 is 5.07. The van der Waals surface area contributed by atoms with Gasteiger partial charge in [-0.1, -0.05) is 0 Å². The van der Waals surface area contributed by atoms with E-state index in [1.165, 1.54) is 0 Å². The van der Waals surface area contributed by atoms with Crippen molar-refractivity contribution in [3.8, 4) is 0 Å². The van der Waals surface area contributed by atoms with Crippen molar-refractivity contribution in [3.63, 3.8) is 0 Å². The highest BCUT2D eigenvalue weighted by Gasteiger charge is 2.19. The van der Waals surface area contributed by atoms with Crippen LogP contribution in [-0.4, -0.2) is 50.2 Å². The summed E-state index contributed by atoms with van der Waals surface area (Å²) >= 11 is 1.64. The third-order valence-electron chi connectivity index (χ3n) is 3.73. The van der Waals surface area contributed by atoms with Crippen molar-refractivity contribution in [1.29, 1.82) is 0 Å². The maximum atomic E-state index is 11.9. The number of thiophene rings is 1. The molecule has 0 saturated carbocycles. The lowest BCUT2D eigenvalue weighted by Crippen LogP contribution is -2.44. The number of nitrogens with one attached hydrogen (secondary N) is 1. The van der Waals surface area contributed by atoms with Crippen molar-refractivity contribution in [2.45, 2.75) is 25.3 Å². The lowest BCUT2D eigenvalue weighted by atomic mass is 10.0. The Kier molecular flexibility index (Phi) is 6.92. The molecular formula is C16H24N2O2S. The van der Waals surface area contributed by atoms with E-state index in [1.54, 1.807) is 24.5 Å². The van der Waals surface area contributed by atoms with Gasteiger partial charge in [-0.3, -0.25) is 4.79 Å². The Hall–Kier alpha value is -1.17. The molecule has 0 bridgehead atoms. The molecule has 1 saturated heterocycles. The quantitative estimate of drug-likeness (QED) is 0.621. The zero-order valence-electron chi connectivity index (χ0n) is 12.6. The van der Waals surface area contributed by atoms with Gasteiger partial charge in [0, 0.05) is 45.5 Å². The van der Waals surface area contributed by atoms with Crippen molar-refractivity contribution in [2.75, 3.05) is 33.4 Å². The first-order chi connectivity index (χ1) is 10.3. The predicted octanol–water partition coefficient (Wildman–Crippen LogP) is 2.38. The fourth-order valence-electron chi connectivity index (χ4n) is 2.52. The number of ether oxygens (including phenoxy) is 1. The van der Waals surface area contributed by atoms with Crippen LogP contribution in [0.1, 0.15) is 24.8 Å². The number of piperidine rings is 1. The van der Waals surface area contributed by atoms with E-state index in [0.29, 0.717) is 6.04 Å². The van der Waals surface area contributed by atoms with Gasteiger partial charge in [0.05, 0.1) is 0 Å². The van der Waals surface area contributed by atoms with Crippen molar-refractivity contribution >= 4 is 23.3 Å². The highest BCUT2D eigenvalue weighted by Crippen LogP contribution is 2.11. The Bertz CT molecular complexity index is 437. The largest absolute Gasteiger partial charge is 0.385 e. The van der Waals surface area contributed by atoms with Gasteiger partial charge in [0.2, 0.25) is 5.91 Å². The fourth-order valence-corrected chi connectivity index (χ4v) is 3.15. The van der Waals surface area contributed by atoms with Gasteiger partial charge in [-0.05, 0) is 47.7 Å². The lowest BCUT2D eigenvalue weighted by molar-refractivity contribution is -0.117. The SMILES string of the molecule is COCCCN1CCC(NC(=O)C=Cc2ccsc2)CC1. The average molecular weight is 308 g/mol. The van der Waals surface area contributed by atoms with E-state index in [4.69, 9.17) is 4.74 Å². The Morgan fingerprint density at radius 1 is 1.52 bits per heavy atom. The normalized spacial score (nSPS) is 17.4. The van der Waals surface area contributed by atoms with Gasteiger partial charge in [-0.2, -0.15) is 11.3 Å². The number of amides is 1. The second-order valence-electron chi connectivity index (χ2n) is 5.36. The summed E-state index contributed by atoms with van der Waals surface area (Å²) in [5.41, 5.74) is 1.09. The molecule has 0 aromatic carbocycles. The average Bonchev–Trinajstić information content (AvgIpc) is 3.01. The molecule has 21 heavy (non-hydrogen) atoms. The summed E-state index contributed by atoms with van der Waals surface area (Å²) in [4.78, 5) is 14.3. The van der Waals surface area contributed by atoms with E-state index in [9.17, 15) is 4.79 Å². The van der Waals surface area contributed by atoms with Crippen LogP contribution in [0.25, 0.3) is 6.08 Å². The second-order valence-corrected chi connectivity index (χ2v) is 6.14. The number of methoxy groups -OCH3 is 1. The van der Waals surface area contributed by atoms with Gasteiger partial charge in [0.15, 0.2) is 0 Å². The first-order valence-corrected chi connectivity index (χ1v) is 8.44.